The van der Waals surface area contributed by atoms with Crippen molar-refractivity contribution < 1.29 is 4.92 Å². The van der Waals surface area contributed by atoms with Crippen molar-refractivity contribution in [3.05, 3.63) is 28.3 Å². The van der Waals surface area contributed by atoms with Gasteiger partial charge in [-0.2, -0.15) is 0 Å². The summed E-state index contributed by atoms with van der Waals surface area (Å²) in [5, 5.41) is 10.9. The Labute approximate surface area is 112 Å². The Hall–Kier alpha value is -1.82. The summed E-state index contributed by atoms with van der Waals surface area (Å²) < 4.78 is 0. The molecule has 6 nitrogen and oxygen atoms in total. The number of nitrogens with zero attached hydrogens (tertiary/aromatic N) is 2. The fourth-order valence-electron chi connectivity index (χ4n) is 2.53. The first kappa shape index (κ1) is 13.6. The highest BCUT2D eigenvalue weighted by atomic mass is 16.6. The van der Waals surface area contributed by atoms with Crippen LogP contribution < -0.4 is 16.2 Å². The maximum Gasteiger partial charge on any atom is 0.273 e. The number of nitro groups is 1. The molecule has 3 N–H and O–H groups in total. The first-order valence-electron chi connectivity index (χ1n) is 6.52. The molecule has 0 saturated carbocycles. The van der Waals surface area contributed by atoms with Crippen LogP contribution in [0.5, 0.6) is 0 Å². The number of non-ortho nitro benzene ring substituents is 1. The standard InChI is InChI=1S/C13H20N4O2/c1-9(2)10-3-4-16(8-10)12-5-11(15-14)6-13(7-12)17(18)19/h5-7,9-10,15H,3-4,8,14H2,1-2H3. The maximum absolute atomic E-state index is 10.9. The molecule has 0 aromatic heterocycles. The molecule has 1 aromatic carbocycles. The third-order valence-corrected chi connectivity index (χ3v) is 3.81. The van der Waals surface area contributed by atoms with E-state index in [1.54, 1.807) is 6.07 Å². The van der Waals surface area contributed by atoms with Crippen LogP contribution >= 0.6 is 0 Å². The second-order valence-corrected chi connectivity index (χ2v) is 5.38. The molecular formula is C13H20N4O2. The highest BCUT2D eigenvalue weighted by molar-refractivity contribution is 5.64. The van der Waals surface area contributed by atoms with Crippen LogP contribution in [0.4, 0.5) is 17.1 Å². The lowest BCUT2D eigenvalue weighted by molar-refractivity contribution is -0.384. The van der Waals surface area contributed by atoms with E-state index in [1.807, 2.05) is 6.07 Å². The monoisotopic (exact) mass is 264 g/mol. The number of nitrogens with two attached hydrogens (primary N) is 1. The average Bonchev–Trinajstić information content (AvgIpc) is 2.87. The minimum absolute atomic E-state index is 0.0680. The van der Waals surface area contributed by atoms with Crippen LogP contribution in [-0.4, -0.2) is 18.0 Å². The third kappa shape index (κ3) is 2.96. The fraction of sp³-hybridized carbons (Fsp3) is 0.538. The molecule has 1 saturated heterocycles. The highest BCUT2D eigenvalue weighted by Gasteiger charge is 2.26. The summed E-state index contributed by atoms with van der Waals surface area (Å²) in [6.45, 7) is 6.32. The van der Waals surface area contributed by atoms with E-state index in [4.69, 9.17) is 5.84 Å². The summed E-state index contributed by atoms with van der Waals surface area (Å²) in [4.78, 5) is 12.7. The lowest BCUT2D eigenvalue weighted by Crippen LogP contribution is -2.21. The third-order valence-electron chi connectivity index (χ3n) is 3.81. The second-order valence-electron chi connectivity index (χ2n) is 5.38. The van der Waals surface area contributed by atoms with Gasteiger partial charge in [-0.1, -0.05) is 13.8 Å². The minimum atomic E-state index is -0.389. The van der Waals surface area contributed by atoms with Gasteiger partial charge in [0.2, 0.25) is 0 Å². The average molecular weight is 264 g/mol. The molecule has 1 aliphatic heterocycles. The van der Waals surface area contributed by atoms with Crippen LogP contribution in [0.25, 0.3) is 0 Å². The van der Waals surface area contributed by atoms with E-state index in [0.717, 1.165) is 25.2 Å². The number of hydrazine groups is 1. The topological polar surface area (TPSA) is 84.4 Å². The molecule has 0 spiro atoms. The Balaban J connectivity index is 2.25. The molecule has 0 radical (unpaired) electrons. The van der Waals surface area contributed by atoms with E-state index < -0.39 is 0 Å². The Morgan fingerprint density at radius 2 is 2.21 bits per heavy atom. The molecule has 0 bridgehead atoms. The Morgan fingerprint density at radius 1 is 1.47 bits per heavy atom. The van der Waals surface area contributed by atoms with Crippen LogP contribution in [-0.2, 0) is 0 Å². The number of benzene rings is 1. The number of nitrogens with one attached hydrogen (secondary N) is 1. The molecule has 19 heavy (non-hydrogen) atoms. The van der Waals surface area contributed by atoms with Gasteiger partial charge in [0, 0.05) is 30.9 Å². The fourth-order valence-corrected chi connectivity index (χ4v) is 2.53. The molecule has 1 aliphatic rings. The largest absolute Gasteiger partial charge is 0.371 e. The Bertz CT molecular complexity index is 476. The summed E-state index contributed by atoms with van der Waals surface area (Å²) >= 11 is 0. The molecular weight excluding hydrogens is 244 g/mol. The Morgan fingerprint density at radius 3 is 2.74 bits per heavy atom. The molecule has 1 heterocycles. The quantitative estimate of drug-likeness (QED) is 0.495. The Kier molecular flexibility index (Phi) is 3.90. The van der Waals surface area contributed by atoms with E-state index in [-0.39, 0.29) is 10.6 Å². The van der Waals surface area contributed by atoms with E-state index in [0.29, 0.717) is 17.5 Å². The van der Waals surface area contributed by atoms with Crippen molar-refractivity contribution in [2.75, 3.05) is 23.4 Å². The van der Waals surface area contributed by atoms with Crippen LogP contribution in [0.15, 0.2) is 18.2 Å². The van der Waals surface area contributed by atoms with Gasteiger partial charge in [0.15, 0.2) is 0 Å². The number of anilines is 2. The van der Waals surface area contributed by atoms with Gasteiger partial charge in [0.1, 0.15) is 0 Å². The van der Waals surface area contributed by atoms with Gasteiger partial charge in [-0.15, -0.1) is 0 Å². The highest BCUT2D eigenvalue weighted by Crippen LogP contribution is 2.32. The van der Waals surface area contributed by atoms with E-state index in [9.17, 15) is 10.1 Å². The molecule has 0 amide bonds. The van der Waals surface area contributed by atoms with E-state index in [1.165, 1.54) is 6.07 Å². The molecule has 1 aromatic rings. The zero-order valence-corrected chi connectivity index (χ0v) is 11.3. The van der Waals surface area contributed by atoms with Gasteiger partial charge < -0.3 is 10.3 Å². The van der Waals surface area contributed by atoms with Crippen molar-refractivity contribution >= 4 is 17.1 Å². The maximum atomic E-state index is 10.9. The zero-order chi connectivity index (χ0) is 14.0. The second kappa shape index (κ2) is 5.44. The predicted molar refractivity (Wildman–Crippen MR) is 76.1 cm³/mol. The summed E-state index contributed by atoms with van der Waals surface area (Å²) in [6, 6.07) is 4.92. The van der Waals surface area contributed by atoms with Crippen molar-refractivity contribution in [1.82, 2.24) is 0 Å². The van der Waals surface area contributed by atoms with E-state index >= 15 is 0 Å². The zero-order valence-electron chi connectivity index (χ0n) is 11.3. The number of rotatable bonds is 4. The van der Waals surface area contributed by atoms with Crippen LogP contribution in [0.2, 0.25) is 0 Å². The summed E-state index contributed by atoms with van der Waals surface area (Å²) in [5.41, 5.74) is 3.99. The van der Waals surface area contributed by atoms with Gasteiger partial charge in [-0.25, -0.2) is 0 Å². The number of nitro benzene ring substituents is 1. The first-order chi connectivity index (χ1) is 9.01. The van der Waals surface area contributed by atoms with Crippen molar-refractivity contribution in [3.8, 4) is 0 Å². The van der Waals surface area contributed by atoms with Crippen LogP contribution in [0.3, 0.4) is 0 Å². The lowest BCUT2D eigenvalue weighted by atomic mass is 9.95. The van der Waals surface area contributed by atoms with Crippen molar-refractivity contribution in [2.24, 2.45) is 17.7 Å². The lowest BCUT2D eigenvalue weighted by Gasteiger charge is -2.20. The smallest absolute Gasteiger partial charge is 0.273 e. The van der Waals surface area contributed by atoms with Gasteiger partial charge in [0.25, 0.3) is 5.69 Å². The summed E-state index contributed by atoms with van der Waals surface area (Å²) in [7, 11) is 0. The molecule has 6 heteroatoms. The SMILES string of the molecule is CC(C)C1CCN(c2cc(NN)cc([N+](=O)[O-])c2)C1. The molecule has 0 aliphatic carbocycles. The predicted octanol–water partition coefficient (Wildman–Crippen LogP) is 2.36. The molecule has 1 fully saturated rings. The van der Waals surface area contributed by atoms with E-state index in [2.05, 4.69) is 24.2 Å². The molecule has 2 rings (SSSR count). The molecule has 1 atom stereocenters. The van der Waals surface area contributed by atoms with Gasteiger partial charge in [-0.3, -0.25) is 16.0 Å². The molecule has 104 valence electrons. The number of hydrogen-bond donors (Lipinski definition) is 2. The normalized spacial score (nSPS) is 18.9. The van der Waals surface area contributed by atoms with Gasteiger partial charge >= 0.3 is 0 Å². The van der Waals surface area contributed by atoms with Crippen LogP contribution in [0.1, 0.15) is 20.3 Å². The minimum Gasteiger partial charge on any atom is -0.371 e. The summed E-state index contributed by atoms with van der Waals surface area (Å²) in [6.07, 6.45) is 1.13. The van der Waals surface area contributed by atoms with Crippen molar-refractivity contribution in [1.29, 1.82) is 0 Å². The number of nitrogen functional groups attached to an aromatic ring is 1. The van der Waals surface area contributed by atoms with Gasteiger partial charge in [0.05, 0.1) is 10.6 Å². The number of hydrogen-bond acceptors (Lipinski definition) is 5. The van der Waals surface area contributed by atoms with Crippen molar-refractivity contribution in [3.63, 3.8) is 0 Å². The molecule has 1 unspecified atom stereocenters. The van der Waals surface area contributed by atoms with Gasteiger partial charge in [-0.05, 0) is 24.3 Å². The first-order valence-corrected chi connectivity index (χ1v) is 6.52. The van der Waals surface area contributed by atoms with Crippen LogP contribution in [0, 0.1) is 22.0 Å². The summed E-state index contributed by atoms with van der Waals surface area (Å²) in [5.74, 6) is 6.65. The van der Waals surface area contributed by atoms with Crippen molar-refractivity contribution in [2.45, 2.75) is 20.3 Å².